The summed E-state index contributed by atoms with van der Waals surface area (Å²) in [6.45, 7) is 2.71. The highest BCUT2D eigenvalue weighted by atomic mass is 32.2. The third-order valence-electron chi connectivity index (χ3n) is 4.99. The summed E-state index contributed by atoms with van der Waals surface area (Å²) in [5, 5.41) is 6.02. The minimum Gasteiger partial charge on any atom is -0.480 e. The van der Waals surface area contributed by atoms with Crippen LogP contribution in [0.5, 0.6) is 5.75 Å². The van der Waals surface area contributed by atoms with Crippen molar-refractivity contribution in [3.05, 3.63) is 42.5 Å². The SMILES string of the molecule is CC[C@H](Oc1cccc2ccccc12)C(=O)NCCSC1CCCCC1. The van der Waals surface area contributed by atoms with Crippen LogP contribution in [0.1, 0.15) is 45.4 Å². The lowest BCUT2D eigenvalue weighted by molar-refractivity contribution is -0.127. The minimum atomic E-state index is -0.444. The first-order valence-corrected chi connectivity index (χ1v) is 10.9. The van der Waals surface area contributed by atoms with Gasteiger partial charge in [-0.25, -0.2) is 0 Å². The van der Waals surface area contributed by atoms with Crippen LogP contribution in [0.25, 0.3) is 10.8 Å². The third kappa shape index (κ3) is 5.16. The van der Waals surface area contributed by atoms with Crippen molar-refractivity contribution in [2.45, 2.75) is 56.8 Å². The minimum absolute atomic E-state index is 0.00956. The van der Waals surface area contributed by atoms with E-state index in [1.54, 1.807) is 0 Å². The summed E-state index contributed by atoms with van der Waals surface area (Å²) in [7, 11) is 0. The number of rotatable bonds is 8. The maximum atomic E-state index is 12.5. The Morgan fingerprint density at radius 1 is 1.15 bits per heavy atom. The van der Waals surface area contributed by atoms with Crippen molar-refractivity contribution in [1.29, 1.82) is 0 Å². The van der Waals surface area contributed by atoms with Crippen molar-refractivity contribution in [3.63, 3.8) is 0 Å². The Hall–Kier alpha value is -1.68. The molecular formula is C22H29NO2S. The Bertz CT molecular complexity index is 707. The van der Waals surface area contributed by atoms with Gasteiger partial charge in [0.2, 0.25) is 0 Å². The number of nitrogens with one attached hydrogen (secondary N) is 1. The van der Waals surface area contributed by atoms with Gasteiger partial charge in [0.05, 0.1) is 0 Å². The molecule has 1 aliphatic carbocycles. The predicted molar refractivity (Wildman–Crippen MR) is 111 cm³/mol. The molecule has 3 rings (SSSR count). The summed E-state index contributed by atoms with van der Waals surface area (Å²) >= 11 is 2.01. The molecule has 0 aliphatic heterocycles. The predicted octanol–water partition coefficient (Wildman–Crippen LogP) is 5.18. The van der Waals surface area contributed by atoms with E-state index < -0.39 is 6.10 Å². The van der Waals surface area contributed by atoms with Gasteiger partial charge in [-0.3, -0.25) is 4.79 Å². The normalized spacial score (nSPS) is 16.3. The molecule has 1 amide bonds. The second-order valence-corrected chi connectivity index (χ2v) is 8.32. The highest BCUT2D eigenvalue weighted by Crippen LogP contribution is 2.28. The van der Waals surface area contributed by atoms with Crippen LogP contribution in [0.15, 0.2) is 42.5 Å². The van der Waals surface area contributed by atoms with Gasteiger partial charge in [-0.2, -0.15) is 11.8 Å². The van der Waals surface area contributed by atoms with Crippen molar-refractivity contribution >= 4 is 28.4 Å². The van der Waals surface area contributed by atoms with Crippen LogP contribution in [-0.4, -0.2) is 29.6 Å². The molecule has 26 heavy (non-hydrogen) atoms. The molecule has 3 nitrogen and oxygen atoms in total. The summed E-state index contributed by atoms with van der Waals surface area (Å²) in [5.74, 6) is 1.76. The fourth-order valence-electron chi connectivity index (χ4n) is 3.52. The van der Waals surface area contributed by atoms with E-state index in [-0.39, 0.29) is 5.91 Å². The lowest BCUT2D eigenvalue weighted by Crippen LogP contribution is -2.39. The molecule has 0 bridgehead atoms. The van der Waals surface area contributed by atoms with Crippen LogP contribution in [0.2, 0.25) is 0 Å². The van der Waals surface area contributed by atoms with Gasteiger partial charge in [-0.05, 0) is 30.7 Å². The highest BCUT2D eigenvalue weighted by Gasteiger charge is 2.19. The molecule has 2 aromatic rings. The van der Waals surface area contributed by atoms with Crippen molar-refractivity contribution in [2.24, 2.45) is 0 Å². The van der Waals surface area contributed by atoms with Gasteiger partial charge in [0.25, 0.3) is 5.91 Å². The zero-order chi connectivity index (χ0) is 18.2. The maximum absolute atomic E-state index is 12.5. The van der Waals surface area contributed by atoms with E-state index in [0.29, 0.717) is 6.42 Å². The first-order valence-electron chi connectivity index (χ1n) is 9.81. The average Bonchev–Trinajstić information content (AvgIpc) is 2.70. The maximum Gasteiger partial charge on any atom is 0.261 e. The number of hydrogen-bond acceptors (Lipinski definition) is 3. The number of benzene rings is 2. The van der Waals surface area contributed by atoms with Crippen LogP contribution in [0.4, 0.5) is 0 Å². The number of fused-ring (bicyclic) bond motifs is 1. The summed E-state index contributed by atoms with van der Waals surface area (Å²) in [5.41, 5.74) is 0. The van der Waals surface area contributed by atoms with E-state index in [9.17, 15) is 4.79 Å². The Kier molecular flexibility index (Phi) is 7.24. The molecule has 0 unspecified atom stereocenters. The zero-order valence-corrected chi connectivity index (χ0v) is 16.4. The molecule has 0 saturated heterocycles. The smallest absolute Gasteiger partial charge is 0.261 e. The standard InChI is InChI=1S/C22H29NO2S/c1-2-20(22(24)23-15-16-26-18-11-4-3-5-12-18)25-21-14-8-10-17-9-6-7-13-19(17)21/h6-10,13-14,18,20H,2-5,11-12,15-16H2,1H3,(H,23,24)/t20-/m0/s1. The van der Waals surface area contributed by atoms with E-state index in [4.69, 9.17) is 4.74 Å². The van der Waals surface area contributed by atoms with Crippen molar-refractivity contribution in [2.75, 3.05) is 12.3 Å². The largest absolute Gasteiger partial charge is 0.480 e. The fraction of sp³-hybridized carbons (Fsp3) is 0.500. The molecule has 1 aliphatic rings. The second-order valence-electron chi connectivity index (χ2n) is 6.91. The molecule has 1 atom stereocenters. The summed E-state index contributed by atoms with van der Waals surface area (Å²) in [6.07, 6.45) is 6.99. The zero-order valence-electron chi connectivity index (χ0n) is 15.6. The first-order chi connectivity index (χ1) is 12.8. The van der Waals surface area contributed by atoms with Crippen LogP contribution >= 0.6 is 11.8 Å². The summed E-state index contributed by atoms with van der Waals surface area (Å²) in [6, 6.07) is 14.1. The Morgan fingerprint density at radius 3 is 2.73 bits per heavy atom. The van der Waals surface area contributed by atoms with Gasteiger partial charge >= 0.3 is 0 Å². The van der Waals surface area contributed by atoms with E-state index in [1.165, 1.54) is 32.1 Å². The Labute approximate surface area is 160 Å². The quantitative estimate of drug-likeness (QED) is 0.650. The van der Waals surface area contributed by atoms with Gasteiger partial charge < -0.3 is 10.1 Å². The lowest BCUT2D eigenvalue weighted by Gasteiger charge is -2.21. The fourth-order valence-corrected chi connectivity index (χ4v) is 4.74. The number of hydrogen-bond donors (Lipinski definition) is 1. The van der Waals surface area contributed by atoms with Gasteiger partial charge in [-0.15, -0.1) is 0 Å². The molecule has 0 aromatic heterocycles. The highest BCUT2D eigenvalue weighted by molar-refractivity contribution is 7.99. The van der Waals surface area contributed by atoms with E-state index in [1.807, 2.05) is 49.0 Å². The van der Waals surface area contributed by atoms with Gasteiger partial charge in [0.1, 0.15) is 5.75 Å². The average molecular weight is 372 g/mol. The Balaban J connectivity index is 1.50. The molecule has 140 valence electrons. The van der Waals surface area contributed by atoms with Gasteiger partial charge in [0.15, 0.2) is 6.10 Å². The monoisotopic (exact) mass is 371 g/mol. The number of carbonyl (C=O) groups is 1. The summed E-state index contributed by atoms with van der Waals surface area (Å²) in [4.78, 5) is 12.5. The molecule has 1 saturated carbocycles. The molecule has 0 spiro atoms. The number of carbonyl (C=O) groups excluding carboxylic acids is 1. The van der Waals surface area contributed by atoms with Crippen molar-refractivity contribution in [3.8, 4) is 5.75 Å². The van der Waals surface area contributed by atoms with Crippen LogP contribution in [0.3, 0.4) is 0 Å². The van der Waals surface area contributed by atoms with Gasteiger partial charge in [-0.1, -0.05) is 62.6 Å². The topological polar surface area (TPSA) is 38.3 Å². The number of thioether (sulfide) groups is 1. The third-order valence-corrected chi connectivity index (χ3v) is 6.37. The molecule has 0 radical (unpaired) electrons. The molecular weight excluding hydrogens is 342 g/mol. The second kappa shape index (κ2) is 9.86. The number of ether oxygens (including phenoxy) is 1. The van der Waals surface area contributed by atoms with E-state index in [0.717, 1.165) is 34.1 Å². The molecule has 1 N–H and O–H groups in total. The van der Waals surface area contributed by atoms with Crippen molar-refractivity contribution < 1.29 is 9.53 Å². The van der Waals surface area contributed by atoms with Crippen LogP contribution in [-0.2, 0) is 4.79 Å². The molecule has 2 aromatic carbocycles. The molecule has 1 fully saturated rings. The molecule has 0 heterocycles. The van der Waals surface area contributed by atoms with E-state index in [2.05, 4.69) is 17.4 Å². The van der Waals surface area contributed by atoms with Crippen LogP contribution in [0, 0.1) is 0 Å². The summed E-state index contributed by atoms with van der Waals surface area (Å²) < 4.78 is 6.07. The van der Waals surface area contributed by atoms with Crippen molar-refractivity contribution in [1.82, 2.24) is 5.32 Å². The first kappa shape index (κ1) is 19.1. The van der Waals surface area contributed by atoms with E-state index >= 15 is 0 Å². The Morgan fingerprint density at radius 2 is 1.92 bits per heavy atom. The van der Waals surface area contributed by atoms with Gasteiger partial charge in [0, 0.05) is 22.9 Å². The lowest BCUT2D eigenvalue weighted by atomic mass is 10.0. The number of amides is 1. The molecule has 4 heteroatoms. The van der Waals surface area contributed by atoms with Crippen LogP contribution < -0.4 is 10.1 Å².